The Morgan fingerprint density at radius 2 is 1.67 bits per heavy atom. The fraction of sp³-hybridized carbons (Fsp3) is 0.429. The van der Waals surface area contributed by atoms with E-state index in [9.17, 15) is 9.59 Å². The van der Waals surface area contributed by atoms with Crippen molar-refractivity contribution >= 4 is 17.6 Å². The van der Waals surface area contributed by atoms with Gasteiger partial charge in [0.2, 0.25) is 0 Å². The average molecular weight is 244 g/mol. The number of para-hydroxylation sites is 1. The summed E-state index contributed by atoms with van der Waals surface area (Å²) >= 11 is 0. The topological polar surface area (TPSA) is 40.6 Å². The van der Waals surface area contributed by atoms with Crippen molar-refractivity contribution < 1.29 is 9.59 Å². The molecular formula is C14H16N2O2. The fourth-order valence-corrected chi connectivity index (χ4v) is 2.85. The molecular weight excluding hydrogens is 228 g/mol. The molecule has 3 rings (SSSR count). The van der Waals surface area contributed by atoms with Gasteiger partial charge in [-0.1, -0.05) is 31.0 Å². The van der Waals surface area contributed by atoms with E-state index in [2.05, 4.69) is 0 Å². The van der Waals surface area contributed by atoms with Gasteiger partial charge in [0, 0.05) is 6.04 Å². The van der Waals surface area contributed by atoms with Gasteiger partial charge >= 0.3 is 6.03 Å². The molecule has 0 atom stereocenters. The summed E-state index contributed by atoms with van der Waals surface area (Å²) in [5.41, 5.74) is 0.674. The number of nitrogens with zero attached hydrogens (tertiary/aromatic N) is 2. The van der Waals surface area contributed by atoms with E-state index in [1.165, 1.54) is 4.90 Å². The van der Waals surface area contributed by atoms with Crippen molar-refractivity contribution in [3.8, 4) is 0 Å². The number of rotatable bonds is 2. The summed E-state index contributed by atoms with van der Waals surface area (Å²) in [5, 5.41) is 0. The molecule has 94 valence electrons. The van der Waals surface area contributed by atoms with Gasteiger partial charge in [-0.05, 0) is 25.0 Å². The van der Waals surface area contributed by atoms with Crippen LogP contribution in [0.1, 0.15) is 25.7 Å². The molecule has 4 heteroatoms. The SMILES string of the molecule is O=C1CN(C2CCCC2)C(=O)N1c1ccccc1. The third kappa shape index (κ3) is 1.78. The quantitative estimate of drug-likeness (QED) is 0.749. The van der Waals surface area contributed by atoms with Crippen molar-refractivity contribution in [3.63, 3.8) is 0 Å². The zero-order chi connectivity index (χ0) is 12.5. The molecule has 1 aliphatic heterocycles. The van der Waals surface area contributed by atoms with Crippen LogP contribution in [-0.2, 0) is 4.79 Å². The van der Waals surface area contributed by atoms with Crippen LogP contribution < -0.4 is 4.90 Å². The number of urea groups is 1. The molecule has 0 bridgehead atoms. The smallest absolute Gasteiger partial charge is 0.312 e. The van der Waals surface area contributed by atoms with Gasteiger partial charge in [-0.15, -0.1) is 0 Å². The molecule has 2 aliphatic rings. The van der Waals surface area contributed by atoms with E-state index in [1.807, 2.05) is 18.2 Å². The van der Waals surface area contributed by atoms with Gasteiger partial charge < -0.3 is 4.90 Å². The number of carbonyl (C=O) groups excluding carboxylic acids is 2. The minimum atomic E-state index is -0.155. The lowest BCUT2D eigenvalue weighted by molar-refractivity contribution is -0.116. The fourth-order valence-electron chi connectivity index (χ4n) is 2.85. The molecule has 2 fully saturated rings. The summed E-state index contributed by atoms with van der Waals surface area (Å²) in [6, 6.07) is 9.26. The van der Waals surface area contributed by atoms with Crippen LogP contribution in [0.4, 0.5) is 10.5 Å². The van der Waals surface area contributed by atoms with Gasteiger partial charge in [-0.25, -0.2) is 9.69 Å². The Labute approximate surface area is 106 Å². The Balaban J connectivity index is 1.85. The summed E-state index contributed by atoms with van der Waals surface area (Å²) in [7, 11) is 0. The van der Waals surface area contributed by atoms with Gasteiger partial charge in [0.25, 0.3) is 5.91 Å². The Bertz CT molecular complexity index is 466. The normalized spacial score (nSPS) is 21.1. The molecule has 1 aliphatic carbocycles. The molecule has 18 heavy (non-hydrogen) atoms. The lowest BCUT2D eigenvalue weighted by Gasteiger charge is -2.22. The van der Waals surface area contributed by atoms with Crippen LogP contribution in [0.2, 0.25) is 0 Å². The highest BCUT2D eigenvalue weighted by Crippen LogP contribution is 2.29. The van der Waals surface area contributed by atoms with Crippen LogP contribution >= 0.6 is 0 Å². The molecule has 0 aromatic heterocycles. The largest absolute Gasteiger partial charge is 0.332 e. The summed E-state index contributed by atoms with van der Waals surface area (Å²) in [5.74, 6) is -0.113. The maximum Gasteiger partial charge on any atom is 0.332 e. The van der Waals surface area contributed by atoms with Crippen molar-refractivity contribution in [2.45, 2.75) is 31.7 Å². The minimum absolute atomic E-state index is 0.113. The average Bonchev–Trinajstić information content (AvgIpc) is 2.99. The standard InChI is InChI=1S/C14H16N2O2/c17-13-10-15(11-6-4-5-7-11)14(18)16(13)12-8-2-1-3-9-12/h1-3,8-9,11H,4-7,10H2. The molecule has 4 nitrogen and oxygen atoms in total. The summed E-state index contributed by atoms with van der Waals surface area (Å²) < 4.78 is 0. The maximum atomic E-state index is 12.3. The van der Waals surface area contributed by atoms with Crippen LogP contribution in [0.15, 0.2) is 30.3 Å². The van der Waals surface area contributed by atoms with E-state index in [1.54, 1.807) is 17.0 Å². The van der Waals surface area contributed by atoms with Crippen molar-refractivity contribution in [3.05, 3.63) is 30.3 Å². The minimum Gasteiger partial charge on any atom is -0.312 e. The molecule has 0 N–H and O–H groups in total. The molecule has 1 heterocycles. The van der Waals surface area contributed by atoms with Gasteiger partial charge in [0.15, 0.2) is 0 Å². The highest BCUT2D eigenvalue weighted by Gasteiger charge is 2.41. The molecule has 0 spiro atoms. The first-order valence-electron chi connectivity index (χ1n) is 6.46. The van der Waals surface area contributed by atoms with Gasteiger partial charge in [0.05, 0.1) is 5.69 Å². The van der Waals surface area contributed by atoms with Gasteiger partial charge in [0.1, 0.15) is 6.54 Å². The molecule has 1 aromatic rings. The second-order valence-corrected chi connectivity index (χ2v) is 4.91. The number of carbonyl (C=O) groups is 2. The summed E-state index contributed by atoms with van der Waals surface area (Å²) in [6.45, 7) is 0.235. The molecule has 0 radical (unpaired) electrons. The third-order valence-electron chi connectivity index (χ3n) is 3.77. The Hall–Kier alpha value is -1.84. The lowest BCUT2D eigenvalue weighted by atomic mass is 10.2. The summed E-state index contributed by atoms with van der Waals surface area (Å²) in [6.07, 6.45) is 4.38. The highest BCUT2D eigenvalue weighted by atomic mass is 16.2. The van der Waals surface area contributed by atoms with E-state index in [0.717, 1.165) is 25.7 Å². The van der Waals surface area contributed by atoms with Crippen LogP contribution in [-0.4, -0.2) is 29.4 Å². The van der Waals surface area contributed by atoms with Crippen LogP contribution in [0.3, 0.4) is 0 Å². The van der Waals surface area contributed by atoms with Crippen LogP contribution in [0.25, 0.3) is 0 Å². The van der Waals surface area contributed by atoms with E-state index in [4.69, 9.17) is 0 Å². The Morgan fingerprint density at radius 3 is 2.33 bits per heavy atom. The summed E-state index contributed by atoms with van der Waals surface area (Å²) in [4.78, 5) is 27.4. The second-order valence-electron chi connectivity index (χ2n) is 4.91. The zero-order valence-electron chi connectivity index (χ0n) is 10.2. The van der Waals surface area contributed by atoms with Crippen LogP contribution in [0.5, 0.6) is 0 Å². The first kappa shape index (κ1) is 11.3. The number of amides is 3. The highest BCUT2D eigenvalue weighted by molar-refractivity contribution is 6.19. The number of imide groups is 1. The number of benzene rings is 1. The van der Waals surface area contributed by atoms with Crippen molar-refractivity contribution in [2.75, 3.05) is 11.4 Å². The van der Waals surface area contributed by atoms with Crippen molar-refractivity contribution in [1.82, 2.24) is 4.90 Å². The van der Waals surface area contributed by atoms with Crippen LogP contribution in [0, 0.1) is 0 Å². The van der Waals surface area contributed by atoms with E-state index in [0.29, 0.717) is 5.69 Å². The van der Waals surface area contributed by atoms with Crippen molar-refractivity contribution in [1.29, 1.82) is 0 Å². The molecule has 1 saturated heterocycles. The zero-order valence-corrected chi connectivity index (χ0v) is 10.2. The molecule has 3 amide bonds. The first-order valence-corrected chi connectivity index (χ1v) is 6.46. The number of hydrogen-bond donors (Lipinski definition) is 0. The predicted octanol–water partition coefficient (Wildman–Crippen LogP) is 2.40. The molecule has 1 aromatic carbocycles. The first-order chi connectivity index (χ1) is 8.77. The predicted molar refractivity (Wildman–Crippen MR) is 68.3 cm³/mol. The van der Waals surface area contributed by atoms with E-state index in [-0.39, 0.29) is 24.5 Å². The number of anilines is 1. The third-order valence-corrected chi connectivity index (χ3v) is 3.77. The lowest BCUT2D eigenvalue weighted by Crippen LogP contribution is -2.38. The second kappa shape index (κ2) is 4.44. The molecule has 1 saturated carbocycles. The Kier molecular flexibility index (Phi) is 2.78. The van der Waals surface area contributed by atoms with Gasteiger partial charge in [-0.2, -0.15) is 0 Å². The van der Waals surface area contributed by atoms with Gasteiger partial charge in [-0.3, -0.25) is 4.79 Å². The van der Waals surface area contributed by atoms with E-state index >= 15 is 0 Å². The van der Waals surface area contributed by atoms with E-state index < -0.39 is 0 Å². The monoisotopic (exact) mass is 244 g/mol. The number of hydrogen-bond acceptors (Lipinski definition) is 2. The Morgan fingerprint density at radius 1 is 1.00 bits per heavy atom. The molecule has 0 unspecified atom stereocenters. The van der Waals surface area contributed by atoms with Crippen molar-refractivity contribution in [2.24, 2.45) is 0 Å². The maximum absolute atomic E-state index is 12.3.